The molecule has 0 amide bonds. The summed E-state index contributed by atoms with van der Waals surface area (Å²) in [7, 11) is 0. The Kier molecular flexibility index (Phi) is 3.95. The summed E-state index contributed by atoms with van der Waals surface area (Å²) in [4.78, 5) is 22.5. The van der Waals surface area contributed by atoms with Gasteiger partial charge in [-0.05, 0) is 41.8 Å². The van der Waals surface area contributed by atoms with E-state index in [1.165, 1.54) is 37.3 Å². The van der Waals surface area contributed by atoms with Gasteiger partial charge in [0.25, 0.3) is 0 Å². The van der Waals surface area contributed by atoms with Crippen LogP contribution in [0.1, 0.15) is 26.3 Å². The van der Waals surface area contributed by atoms with Gasteiger partial charge in [-0.15, -0.1) is 0 Å². The molecule has 2 aromatic rings. The lowest BCUT2D eigenvalue weighted by atomic mass is 9.93. The fourth-order valence-electron chi connectivity index (χ4n) is 2.09. The molecule has 0 heterocycles. The van der Waals surface area contributed by atoms with Gasteiger partial charge < -0.3 is 10.2 Å². The predicted octanol–water partition coefficient (Wildman–Crippen LogP) is 3.85. The highest BCUT2D eigenvalue weighted by atomic mass is 35.5. The van der Waals surface area contributed by atoms with Crippen molar-refractivity contribution >= 4 is 23.5 Å². The van der Waals surface area contributed by atoms with Gasteiger partial charge in [0, 0.05) is 0 Å². The molecule has 0 spiro atoms. The third-order valence-corrected chi connectivity index (χ3v) is 3.52. The minimum Gasteiger partial charge on any atom is -0.478 e. The molecule has 0 unspecified atom stereocenters. The maximum absolute atomic E-state index is 13.0. The first kappa shape index (κ1) is 15.0. The second-order valence-electron chi connectivity index (χ2n) is 4.40. The standard InChI is InChI=1S/C15H10ClFO4/c1-7-10(8-2-4-9(17)5-3-8)6-11(14(18)19)13(16)12(7)15(20)21/h2-6H,1H3,(H,18,19)(H,20,21). The first-order chi connectivity index (χ1) is 9.82. The summed E-state index contributed by atoms with van der Waals surface area (Å²) in [5.74, 6) is -3.09. The summed E-state index contributed by atoms with van der Waals surface area (Å²) in [5, 5.41) is 18.1. The summed E-state index contributed by atoms with van der Waals surface area (Å²) < 4.78 is 13.0. The summed E-state index contributed by atoms with van der Waals surface area (Å²) in [6.07, 6.45) is 0. The molecule has 2 rings (SSSR count). The van der Waals surface area contributed by atoms with Gasteiger partial charge >= 0.3 is 11.9 Å². The molecule has 0 atom stereocenters. The molecule has 6 heteroatoms. The first-order valence-electron chi connectivity index (χ1n) is 5.88. The minimum absolute atomic E-state index is 0.268. The molecule has 108 valence electrons. The number of hydrogen-bond donors (Lipinski definition) is 2. The number of benzene rings is 2. The molecule has 0 aliphatic carbocycles. The molecule has 0 radical (unpaired) electrons. The number of carboxylic acids is 2. The van der Waals surface area contributed by atoms with Crippen LogP contribution in [0.4, 0.5) is 4.39 Å². The Morgan fingerprint density at radius 3 is 2.14 bits per heavy atom. The lowest BCUT2D eigenvalue weighted by molar-refractivity contribution is 0.0695. The lowest BCUT2D eigenvalue weighted by Gasteiger charge is -2.13. The zero-order chi connectivity index (χ0) is 15.7. The van der Waals surface area contributed by atoms with Gasteiger partial charge in [0.1, 0.15) is 5.82 Å². The van der Waals surface area contributed by atoms with E-state index < -0.39 is 17.8 Å². The Labute approximate surface area is 124 Å². The molecule has 0 aliphatic rings. The average Bonchev–Trinajstić information content (AvgIpc) is 2.39. The third kappa shape index (κ3) is 2.73. The quantitative estimate of drug-likeness (QED) is 0.903. The van der Waals surface area contributed by atoms with E-state index in [4.69, 9.17) is 16.7 Å². The van der Waals surface area contributed by atoms with Crippen LogP contribution in [0.5, 0.6) is 0 Å². The van der Waals surface area contributed by atoms with Crippen LogP contribution in [-0.4, -0.2) is 22.2 Å². The Morgan fingerprint density at radius 1 is 1.10 bits per heavy atom. The number of carbonyl (C=O) groups is 2. The number of halogens is 2. The van der Waals surface area contributed by atoms with Crippen molar-refractivity contribution in [3.63, 3.8) is 0 Å². The van der Waals surface area contributed by atoms with Crippen molar-refractivity contribution in [1.82, 2.24) is 0 Å². The molecule has 0 fully saturated rings. The van der Waals surface area contributed by atoms with Crippen LogP contribution in [0.2, 0.25) is 5.02 Å². The average molecular weight is 309 g/mol. The van der Waals surface area contributed by atoms with Crippen LogP contribution in [0, 0.1) is 12.7 Å². The van der Waals surface area contributed by atoms with Crippen LogP contribution in [0.3, 0.4) is 0 Å². The van der Waals surface area contributed by atoms with E-state index in [1.54, 1.807) is 0 Å². The number of hydrogen-bond acceptors (Lipinski definition) is 2. The normalized spacial score (nSPS) is 10.4. The smallest absolute Gasteiger partial charge is 0.337 e. The van der Waals surface area contributed by atoms with Gasteiger partial charge in [-0.25, -0.2) is 14.0 Å². The van der Waals surface area contributed by atoms with E-state index in [1.807, 2.05) is 0 Å². The van der Waals surface area contributed by atoms with Gasteiger partial charge in [0.15, 0.2) is 0 Å². The second-order valence-corrected chi connectivity index (χ2v) is 4.78. The van der Waals surface area contributed by atoms with Crippen molar-refractivity contribution in [2.45, 2.75) is 6.92 Å². The summed E-state index contributed by atoms with van der Waals surface area (Å²) >= 11 is 5.87. The molecule has 0 aliphatic heterocycles. The zero-order valence-electron chi connectivity index (χ0n) is 10.9. The van der Waals surface area contributed by atoms with E-state index in [9.17, 15) is 19.1 Å². The Bertz CT molecular complexity index is 738. The van der Waals surface area contributed by atoms with Gasteiger partial charge in [-0.2, -0.15) is 0 Å². The van der Waals surface area contributed by atoms with E-state index in [0.717, 1.165) is 0 Å². The number of carboxylic acid groups (broad SMARTS) is 2. The van der Waals surface area contributed by atoms with Crippen LogP contribution in [0.25, 0.3) is 11.1 Å². The SMILES string of the molecule is Cc1c(-c2ccc(F)cc2)cc(C(=O)O)c(Cl)c1C(=O)O. The van der Waals surface area contributed by atoms with E-state index >= 15 is 0 Å². The van der Waals surface area contributed by atoms with Crippen molar-refractivity contribution in [1.29, 1.82) is 0 Å². The fraction of sp³-hybridized carbons (Fsp3) is 0.0667. The molecule has 0 saturated carbocycles. The number of rotatable bonds is 3. The molecular weight excluding hydrogens is 299 g/mol. The van der Waals surface area contributed by atoms with Crippen LogP contribution < -0.4 is 0 Å². The molecule has 4 nitrogen and oxygen atoms in total. The van der Waals surface area contributed by atoms with Crippen molar-refractivity contribution in [3.8, 4) is 11.1 Å². The Hall–Kier alpha value is -2.40. The third-order valence-electron chi connectivity index (χ3n) is 3.12. The van der Waals surface area contributed by atoms with Crippen LogP contribution >= 0.6 is 11.6 Å². The minimum atomic E-state index is -1.33. The first-order valence-corrected chi connectivity index (χ1v) is 6.26. The molecule has 2 aromatic carbocycles. The molecule has 21 heavy (non-hydrogen) atoms. The fourth-order valence-corrected chi connectivity index (χ4v) is 2.45. The van der Waals surface area contributed by atoms with Gasteiger partial charge in [0.2, 0.25) is 0 Å². The van der Waals surface area contributed by atoms with Gasteiger partial charge in [0.05, 0.1) is 16.1 Å². The predicted molar refractivity (Wildman–Crippen MR) is 75.5 cm³/mol. The van der Waals surface area contributed by atoms with E-state index in [2.05, 4.69) is 0 Å². The summed E-state index contributed by atoms with van der Waals surface area (Å²) in [5.41, 5.74) is 0.642. The topological polar surface area (TPSA) is 74.6 Å². The molecular formula is C15H10ClFO4. The van der Waals surface area contributed by atoms with Crippen molar-refractivity contribution in [2.75, 3.05) is 0 Å². The zero-order valence-corrected chi connectivity index (χ0v) is 11.6. The Morgan fingerprint density at radius 2 is 1.67 bits per heavy atom. The largest absolute Gasteiger partial charge is 0.478 e. The molecule has 0 aromatic heterocycles. The molecule has 0 saturated heterocycles. The maximum atomic E-state index is 13.0. The van der Waals surface area contributed by atoms with Crippen molar-refractivity contribution in [2.24, 2.45) is 0 Å². The summed E-state index contributed by atoms with van der Waals surface area (Å²) in [6, 6.07) is 6.61. The van der Waals surface area contributed by atoms with Gasteiger partial charge in [-0.1, -0.05) is 23.7 Å². The Balaban J connectivity index is 2.80. The lowest BCUT2D eigenvalue weighted by Crippen LogP contribution is -2.08. The van der Waals surface area contributed by atoms with Crippen molar-refractivity contribution in [3.05, 3.63) is 57.9 Å². The van der Waals surface area contributed by atoms with Crippen LogP contribution in [0.15, 0.2) is 30.3 Å². The highest BCUT2D eigenvalue weighted by molar-refractivity contribution is 6.36. The highest BCUT2D eigenvalue weighted by Gasteiger charge is 2.23. The maximum Gasteiger partial charge on any atom is 0.337 e. The number of aromatic carboxylic acids is 2. The summed E-state index contributed by atoms with van der Waals surface area (Å²) in [6.45, 7) is 1.53. The monoisotopic (exact) mass is 308 g/mol. The van der Waals surface area contributed by atoms with Gasteiger partial charge in [-0.3, -0.25) is 0 Å². The molecule has 2 N–H and O–H groups in total. The van der Waals surface area contributed by atoms with Crippen LogP contribution in [-0.2, 0) is 0 Å². The van der Waals surface area contributed by atoms with E-state index in [0.29, 0.717) is 16.7 Å². The second kappa shape index (κ2) is 5.54. The molecule has 0 bridgehead atoms. The highest BCUT2D eigenvalue weighted by Crippen LogP contribution is 2.33. The van der Waals surface area contributed by atoms with Crippen molar-refractivity contribution < 1.29 is 24.2 Å². The van der Waals surface area contributed by atoms with E-state index in [-0.39, 0.29) is 16.1 Å².